The summed E-state index contributed by atoms with van der Waals surface area (Å²) in [6.45, 7) is 18.7. The van der Waals surface area contributed by atoms with Crippen molar-refractivity contribution in [3.63, 3.8) is 0 Å². The summed E-state index contributed by atoms with van der Waals surface area (Å²) in [7, 11) is 0. The van der Waals surface area contributed by atoms with Crippen LogP contribution in [0.1, 0.15) is 209 Å². The highest BCUT2D eigenvalue weighted by atomic mass is 16.5. The van der Waals surface area contributed by atoms with Crippen molar-refractivity contribution >= 4 is 0 Å². The molecule has 0 aromatic rings. The fourth-order valence-electron chi connectivity index (χ4n) is 12.0. The highest BCUT2D eigenvalue weighted by molar-refractivity contribution is 5.25. The number of allylic oxidation sites excluding steroid dienone is 3. The third-order valence-electron chi connectivity index (χ3n) is 15.3. The molecule has 278 valence electrons. The molecule has 0 heterocycles. The first-order valence-corrected chi connectivity index (χ1v) is 22.2. The summed E-state index contributed by atoms with van der Waals surface area (Å²) in [5.74, 6) is 6.43. The highest BCUT2D eigenvalue weighted by Crippen LogP contribution is 2.67. The molecule has 0 aliphatic heterocycles. The van der Waals surface area contributed by atoms with E-state index in [1.165, 1.54) is 161 Å². The minimum Gasteiger partial charge on any atom is -0.378 e. The Bertz CT molecular complexity index is 945. The first-order chi connectivity index (χ1) is 23.2. The van der Waals surface area contributed by atoms with Gasteiger partial charge in [0.05, 0.1) is 6.10 Å². The van der Waals surface area contributed by atoms with Crippen molar-refractivity contribution in [2.75, 3.05) is 6.61 Å². The fraction of sp³-hybridized carbons (Fsp3) is 0.915. The van der Waals surface area contributed by atoms with Crippen molar-refractivity contribution in [1.82, 2.24) is 0 Å². The Morgan fingerprint density at radius 3 is 2.08 bits per heavy atom. The first-order valence-electron chi connectivity index (χ1n) is 22.2. The summed E-state index contributed by atoms with van der Waals surface area (Å²) in [5.41, 5.74) is 2.83. The lowest BCUT2D eigenvalue weighted by Crippen LogP contribution is -2.51. The van der Waals surface area contributed by atoms with Crippen LogP contribution in [0.25, 0.3) is 0 Å². The van der Waals surface area contributed by atoms with Gasteiger partial charge in [-0.3, -0.25) is 0 Å². The average molecular weight is 665 g/mol. The molecule has 9 unspecified atom stereocenters. The predicted molar refractivity (Wildman–Crippen MR) is 211 cm³/mol. The molecular formula is C47H84O. The molecule has 4 aliphatic carbocycles. The van der Waals surface area contributed by atoms with Crippen molar-refractivity contribution in [1.29, 1.82) is 0 Å². The van der Waals surface area contributed by atoms with Crippen LogP contribution in [0, 0.1) is 52.3 Å². The van der Waals surface area contributed by atoms with Gasteiger partial charge in [0.2, 0.25) is 0 Å². The van der Waals surface area contributed by atoms with E-state index in [0.29, 0.717) is 16.9 Å². The van der Waals surface area contributed by atoms with Crippen LogP contribution < -0.4 is 0 Å². The van der Waals surface area contributed by atoms with Crippen molar-refractivity contribution in [2.24, 2.45) is 52.3 Å². The Labute approximate surface area is 301 Å². The Morgan fingerprint density at radius 1 is 0.750 bits per heavy atom. The van der Waals surface area contributed by atoms with Crippen LogP contribution in [0.2, 0.25) is 0 Å². The second kappa shape index (κ2) is 20.5. The molecule has 1 heteroatoms. The van der Waals surface area contributed by atoms with E-state index in [0.717, 1.165) is 48.0 Å². The van der Waals surface area contributed by atoms with Gasteiger partial charge in [0.25, 0.3) is 0 Å². The largest absolute Gasteiger partial charge is 0.378 e. The summed E-state index contributed by atoms with van der Waals surface area (Å²) >= 11 is 0. The van der Waals surface area contributed by atoms with E-state index in [1.54, 1.807) is 5.57 Å². The molecule has 4 rings (SSSR count). The SMILES string of the molecule is CCCCCCCCC=CCCCCCCCCOC1CCC2(C)C(=CCC3C2CCC2(C)C(C(C)CCC(CC)C(C)C)CCC32)C1. The third-order valence-corrected chi connectivity index (χ3v) is 15.3. The molecule has 0 saturated heterocycles. The zero-order chi connectivity index (χ0) is 34.4. The van der Waals surface area contributed by atoms with Gasteiger partial charge in [-0.25, -0.2) is 0 Å². The zero-order valence-corrected chi connectivity index (χ0v) is 33.6. The Morgan fingerprint density at radius 2 is 1.42 bits per heavy atom. The maximum Gasteiger partial charge on any atom is 0.0612 e. The normalized spacial score (nSPS) is 33.0. The minimum absolute atomic E-state index is 0.447. The third kappa shape index (κ3) is 10.7. The van der Waals surface area contributed by atoms with Crippen LogP contribution in [0.4, 0.5) is 0 Å². The van der Waals surface area contributed by atoms with Gasteiger partial charge in [-0.15, -0.1) is 0 Å². The second-order valence-corrected chi connectivity index (χ2v) is 18.6. The number of hydrogen-bond acceptors (Lipinski definition) is 1. The first kappa shape index (κ1) is 40.2. The topological polar surface area (TPSA) is 9.23 Å². The van der Waals surface area contributed by atoms with Crippen LogP contribution in [0.3, 0.4) is 0 Å². The molecule has 0 N–H and O–H groups in total. The monoisotopic (exact) mass is 665 g/mol. The van der Waals surface area contributed by atoms with Gasteiger partial charge >= 0.3 is 0 Å². The lowest BCUT2D eigenvalue weighted by molar-refractivity contribution is -0.0643. The van der Waals surface area contributed by atoms with Gasteiger partial charge < -0.3 is 4.74 Å². The van der Waals surface area contributed by atoms with Crippen LogP contribution in [-0.4, -0.2) is 12.7 Å². The van der Waals surface area contributed by atoms with Crippen LogP contribution >= 0.6 is 0 Å². The standard InChI is InChI=1S/C47H84O/c1-8-10-11-12-13-14-15-16-17-18-19-20-21-22-23-24-35-48-41-31-33-46(6)40(36-41)27-28-42-44-30-29-43(47(44,7)34-32-45(42)46)38(5)25-26-39(9-2)37(3)4/h16-17,27,37-39,41-45H,8-15,18-26,28-36H2,1-7H3. The van der Waals surface area contributed by atoms with Gasteiger partial charge in [0.15, 0.2) is 0 Å². The molecule has 3 fully saturated rings. The molecule has 3 saturated carbocycles. The van der Waals surface area contributed by atoms with E-state index in [-0.39, 0.29) is 0 Å². The number of fused-ring (bicyclic) bond motifs is 5. The van der Waals surface area contributed by atoms with Crippen molar-refractivity contribution in [3.8, 4) is 0 Å². The Balaban J connectivity index is 1.10. The lowest BCUT2D eigenvalue weighted by atomic mass is 9.47. The molecule has 0 radical (unpaired) electrons. The van der Waals surface area contributed by atoms with Crippen molar-refractivity contribution < 1.29 is 4.74 Å². The summed E-state index contributed by atoms with van der Waals surface area (Å²) in [5, 5.41) is 0. The Hall–Kier alpha value is -0.560. The van der Waals surface area contributed by atoms with Crippen LogP contribution in [0.5, 0.6) is 0 Å². The molecule has 4 aliphatic rings. The van der Waals surface area contributed by atoms with Crippen molar-refractivity contribution in [2.45, 2.75) is 215 Å². The maximum absolute atomic E-state index is 6.57. The van der Waals surface area contributed by atoms with Gasteiger partial charge in [-0.05, 0) is 142 Å². The number of ether oxygens (including phenoxy) is 1. The fourth-order valence-corrected chi connectivity index (χ4v) is 12.0. The minimum atomic E-state index is 0.447. The smallest absolute Gasteiger partial charge is 0.0612 e. The zero-order valence-electron chi connectivity index (χ0n) is 33.6. The summed E-state index contributed by atoms with van der Waals surface area (Å²) < 4.78 is 6.57. The van der Waals surface area contributed by atoms with Gasteiger partial charge in [-0.2, -0.15) is 0 Å². The molecule has 0 spiro atoms. The summed E-state index contributed by atoms with van der Waals surface area (Å²) in [6.07, 6.45) is 42.8. The molecule has 9 atom stereocenters. The molecular weight excluding hydrogens is 581 g/mol. The van der Waals surface area contributed by atoms with E-state index < -0.39 is 0 Å². The molecule has 1 nitrogen and oxygen atoms in total. The Kier molecular flexibility index (Phi) is 17.2. The van der Waals surface area contributed by atoms with Gasteiger partial charge in [0, 0.05) is 6.61 Å². The molecule has 0 aromatic carbocycles. The van der Waals surface area contributed by atoms with E-state index in [1.807, 2.05) is 0 Å². The van der Waals surface area contributed by atoms with Gasteiger partial charge in [0.1, 0.15) is 0 Å². The summed E-state index contributed by atoms with van der Waals surface area (Å²) in [6, 6.07) is 0. The highest BCUT2D eigenvalue weighted by Gasteiger charge is 2.59. The lowest BCUT2D eigenvalue weighted by Gasteiger charge is -2.58. The van der Waals surface area contributed by atoms with Gasteiger partial charge in [-0.1, -0.05) is 143 Å². The maximum atomic E-state index is 6.57. The molecule has 48 heavy (non-hydrogen) atoms. The van der Waals surface area contributed by atoms with Crippen LogP contribution in [-0.2, 0) is 4.74 Å². The number of unbranched alkanes of at least 4 members (excludes halogenated alkanes) is 12. The quantitative estimate of drug-likeness (QED) is 0.0780. The van der Waals surface area contributed by atoms with E-state index in [4.69, 9.17) is 4.74 Å². The molecule has 0 aromatic heterocycles. The van der Waals surface area contributed by atoms with E-state index in [9.17, 15) is 0 Å². The molecule has 0 bridgehead atoms. The predicted octanol–water partition coefficient (Wildman–Crippen LogP) is 15.1. The van der Waals surface area contributed by atoms with E-state index in [2.05, 4.69) is 66.7 Å². The number of hydrogen-bond donors (Lipinski definition) is 0. The van der Waals surface area contributed by atoms with Crippen molar-refractivity contribution in [3.05, 3.63) is 23.8 Å². The van der Waals surface area contributed by atoms with Crippen LogP contribution in [0.15, 0.2) is 23.8 Å². The summed E-state index contributed by atoms with van der Waals surface area (Å²) in [4.78, 5) is 0. The number of rotatable bonds is 23. The average Bonchev–Trinajstić information content (AvgIpc) is 3.43. The molecule has 0 amide bonds. The van der Waals surface area contributed by atoms with E-state index >= 15 is 0 Å². The second-order valence-electron chi connectivity index (χ2n) is 18.6.